The van der Waals surface area contributed by atoms with Gasteiger partial charge in [-0.05, 0) is 48.2 Å². The molecule has 0 saturated carbocycles. The third-order valence-corrected chi connectivity index (χ3v) is 7.05. The molecule has 2 heterocycles. The standard InChI is InChI=1S/C22H19N3OS3/c1-27-18-9-10-19-20(12-18)29-22(24-19)25(14-16-6-5-11-23-13-16)21(26)15-28-17-7-3-2-4-8-17/h2-13H,14-15H2,1H3. The zero-order chi connectivity index (χ0) is 20.1. The number of rotatable bonds is 7. The molecule has 29 heavy (non-hydrogen) atoms. The summed E-state index contributed by atoms with van der Waals surface area (Å²) in [6.45, 7) is 0.456. The van der Waals surface area contributed by atoms with Crippen LogP contribution < -0.4 is 4.90 Å². The number of thioether (sulfide) groups is 2. The van der Waals surface area contributed by atoms with Crippen molar-refractivity contribution < 1.29 is 4.79 Å². The highest BCUT2D eigenvalue weighted by atomic mass is 32.2. The Morgan fingerprint density at radius 2 is 1.93 bits per heavy atom. The van der Waals surface area contributed by atoms with Gasteiger partial charge in [0.15, 0.2) is 5.13 Å². The monoisotopic (exact) mass is 437 g/mol. The van der Waals surface area contributed by atoms with Gasteiger partial charge < -0.3 is 0 Å². The van der Waals surface area contributed by atoms with Gasteiger partial charge in [0, 0.05) is 22.2 Å². The lowest BCUT2D eigenvalue weighted by molar-refractivity contribution is -0.116. The Morgan fingerprint density at radius 3 is 2.69 bits per heavy atom. The number of anilines is 1. The highest BCUT2D eigenvalue weighted by Gasteiger charge is 2.20. The summed E-state index contributed by atoms with van der Waals surface area (Å²) in [6, 6.07) is 20.1. The summed E-state index contributed by atoms with van der Waals surface area (Å²) < 4.78 is 1.09. The lowest BCUT2D eigenvalue weighted by Gasteiger charge is -2.19. The number of hydrogen-bond donors (Lipinski definition) is 0. The summed E-state index contributed by atoms with van der Waals surface area (Å²) in [5, 5.41) is 0.723. The van der Waals surface area contributed by atoms with Crippen molar-refractivity contribution >= 4 is 56.1 Å². The molecule has 4 nitrogen and oxygen atoms in total. The predicted molar refractivity (Wildman–Crippen MR) is 124 cm³/mol. The van der Waals surface area contributed by atoms with Gasteiger partial charge in [-0.1, -0.05) is 35.6 Å². The normalized spacial score (nSPS) is 10.9. The molecule has 0 aliphatic carbocycles. The number of pyridine rings is 1. The second-order valence-corrected chi connectivity index (χ2v) is 9.21. The zero-order valence-corrected chi connectivity index (χ0v) is 18.3. The van der Waals surface area contributed by atoms with E-state index in [-0.39, 0.29) is 5.91 Å². The number of fused-ring (bicyclic) bond motifs is 1. The maximum Gasteiger partial charge on any atom is 0.239 e. The Kier molecular flexibility index (Phi) is 6.49. The third-order valence-electron chi connectivity index (χ3n) is 4.29. The Bertz CT molecular complexity index is 1100. The van der Waals surface area contributed by atoms with Crippen molar-refractivity contribution in [3.63, 3.8) is 0 Å². The van der Waals surface area contributed by atoms with E-state index in [2.05, 4.69) is 23.4 Å². The number of benzene rings is 2. The van der Waals surface area contributed by atoms with Crippen LogP contribution in [0.3, 0.4) is 0 Å². The van der Waals surface area contributed by atoms with Crippen LogP contribution in [0.2, 0.25) is 0 Å². The average Bonchev–Trinajstić information content (AvgIpc) is 3.20. The van der Waals surface area contributed by atoms with Crippen LogP contribution in [-0.2, 0) is 11.3 Å². The number of aromatic nitrogens is 2. The highest BCUT2D eigenvalue weighted by Crippen LogP contribution is 2.33. The summed E-state index contributed by atoms with van der Waals surface area (Å²) >= 11 is 4.80. The van der Waals surface area contributed by atoms with Gasteiger partial charge >= 0.3 is 0 Å². The van der Waals surface area contributed by atoms with E-state index in [0.717, 1.165) is 25.8 Å². The van der Waals surface area contributed by atoms with Crippen molar-refractivity contribution in [3.8, 4) is 0 Å². The maximum absolute atomic E-state index is 13.2. The van der Waals surface area contributed by atoms with E-state index in [1.54, 1.807) is 52.2 Å². The van der Waals surface area contributed by atoms with Crippen LogP contribution in [0.1, 0.15) is 5.56 Å². The van der Waals surface area contributed by atoms with Gasteiger partial charge in [0.1, 0.15) is 0 Å². The van der Waals surface area contributed by atoms with Gasteiger partial charge in [-0.25, -0.2) is 4.98 Å². The van der Waals surface area contributed by atoms with Gasteiger partial charge in [0.25, 0.3) is 0 Å². The average molecular weight is 438 g/mol. The van der Waals surface area contributed by atoms with Crippen LogP contribution in [0, 0.1) is 0 Å². The van der Waals surface area contributed by atoms with E-state index in [9.17, 15) is 4.79 Å². The number of hydrogen-bond acceptors (Lipinski definition) is 6. The third kappa shape index (κ3) is 4.98. The fourth-order valence-corrected chi connectivity index (χ4v) is 5.14. The van der Waals surface area contributed by atoms with Crippen molar-refractivity contribution in [1.29, 1.82) is 0 Å². The zero-order valence-electron chi connectivity index (χ0n) is 15.8. The molecule has 7 heteroatoms. The molecule has 2 aromatic carbocycles. The highest BCUT2D eigenvalue weighted by molar-refractivity contribution is 8.00. The van der Waals surface area contributed by atoms with E-state index in [0.29, 0.717) is 12.3 Å². The maximum atomic E-state index is 13.2. The van der Waals surface area contributed by atoms with E-state index >= 15 is 0 Å². The van der Waals surface area contributed by atoms with Crippen LogP contribution in [0.5, 0.6) is 0 Å². The van der Waals surface area contributed by atoms with Gasteiger partial charge in [0.05, 0.1) is 22.5 Å². The Hall–Kier alpha value is -2.35. The first-order valence-corrected chi connectivity index (χ1v) is 12.1. The number of nitrogens with zero attached hydrogens (tertiary/aromatic N) is 3. The Balaban J connectivity index is 1.61. The van der Waals surface area contributed by atoms with Gasteiger partial charge in [-0.3, -0.25) is 14.7 Å². The fraction of sp³-hybridized carbons (Fsp3) is 0.136. The van der Waals surface area contributed by atoms with Crippen LogP contribution in [-0.4, -0.2) is 27.9 Å². The van der Waals surface area contributed by atoms with Gasteiger partial charge in [-0.15, -0.1) is 23.5 Å². The van der Waals surface area contributed by atoms with Crippen molar-refractivity contribution in [3.05, 3.63) is 78.6 Å². The summed E-state index contributed by atoms with van der Waals surface area (Å²) in [5.74, 6) is 0.392. The first kappa shape index (κ1) is 19.9. The minimum atomic E-state index is 0.0341. The Labute approximate surface area is 182 Å². The Morgan fingerprint density at radius 1 is 1.07 bits per heavy atom. The summed E-state index contributed by atoms with van der Waals surface area (Å²) in [6.07, 6.45) is 5.59. The van der Waals surface area contributed by atoms with E-state index < -0.39 is 0 Å². The molecule has 0 saturated heterocycles. The number of thiazole rings is 1. The minimum absolute atomic E-state index is 0.0341. The second kappa shape index (κ2) is 9.43. The summed E-state index contributed by atoms with van der Waals surface area (Å²) in [4.78, 5) is 26.1. The molecule has 0 unspecified atom stereocenters. The molecule has 0 bridgehead atoms. The molecule has 0 aliphatic rings. The van der Waals surface area contributed by atoms with Gasteiger partial charge in [-0.2, -0.15) is 0 Å². The fourth-order valence-electron chi connectivity index (χ4n) is 2.81. The molecule has 2 aromatic heterocycles. The largest absolute Gasteiger partial charge is 0.283 e. The second-order valence-electron chi connectivity index (χ2n) is 6.27. The van der Waals surface area contributed by atoms with Crippen LogP contribution in [0.15, 0.2) is 82.8 Å². The van der Waals surface area contributed by atoms with Crippen molar-refractivity contribution in [2.45, 2.75) is 16.3 Å². The first-order valence-electron chi connectivity index (χ1n) is 9.04. The topological polar surface area (TPSA) is 46.1 Å². The smallest absolute Gasteiger partial charge is 0.239 e. The molecule has 0 aliphatic heterocycles. The number of carbonyl (C=O) groups excluding carboxylic acids is 1. The SMILES string of the molecule is CSc1ccc2nc(N(Cc3cccnc3)C(=O)CSc3ccccc3)sc2c1. The molecule has 4 rings (SSSR count). The van der Waals surface area contributed by atoms with E-state index in [1.807, 2.05) is 48.5 Å². The molecule has 0 fully saturated rings. The van der Waals surface area contributed by atoms with Crippen molar-refractivity contribution in [1.82, 2.24) is 9.97 Å². The van der Waals surface area contributed by atoms with Crippen LogP contribution in [0.4, 0.5) is 5.13 Å². The van der Waals surface area contributed by atoms with Crippen LogP contribution >= 0.6 is 34.9 Å². The van der Waals surface area contributed by atoms with Gasteiger partial charge in [0.2, 0.25) is 5.91 Å². The predicted octanol–water partition coefficient (Wildman–Crippen LogP) is 5.74. The molecular weight excluding hydrogens is 418 g/mol. The van der Waals surface area contributed by atoms with Crippen molar-refractivity contribution in [2.24, 2.45) is 0 Å². The van der Waals surface area contributed by atoms with Crippen LogP contribution in [0.25, 0.3) is 10.2 Å². The molecule has 0 N–H and O–H groups in total. The molecule has 0 spiro atoms. The summed E-state index contributed by atoms with van der Waals surface area (Å²) in [7, 11) is 0. The quantitative estimate of drug-likeness (QED) is 0.345. The molecule has 4 aromatic rings. The summed E-state index contributed by atoms with van der Waals surface area (Å²) in [5.41, 5.74) is 1.90. The molecule has 146 valence electrons. The number of carbonyl (C=O) groups is 1. The molecular formula is C22H19N3OS3. The number of amides is 1. The lowest BCUT2D eigenvalue weighted by Crippen LogP contribution is -2.31. The molecule has 0 atom stereocenters. The van der Waals surface area contributed by atoms with Crippen molar-refractivity contribution in [2.75, 3.05) is 16.9 Å². The lowest BCUT2D eigenvalue weighted by atomic mass is 10.2. The van der Waals surface area contributed by atoms with E-state index in [4.69, 9.17) is 4.98 Å². The van der Waals surface area contributed by atoms with E-state index in [1.165, 1.54) is 4.90 Å². The first-order chi connectivity index (χ1) is 14.2. The molecule has 1 amide bonds. The minimum Gasteiger partial charge on any atom is -0.283 e. The molecule has 0 radical (unpaired) electrons.